The SMILES string of the molecule is Cc1ccc(C(=O)N(c2ccc(C=C3CCn4c3nc(=O)c3ccccc34)cc2)S(=O)(=O)c2ccc(C)cc2)cc1. The molecule has 41 heavy (non-hydrogen) atoms. The Morgan fingerprint density at radius 3 is 2.17 bits per heavy atom. The van der Waals surface area contributed by atoms with Gasteiger partial charge in [0.15, 0.2) is 0 Å². The first-order valence-corrected chi connectivity index (χ1v) is 14.7. The normalized spacial score (nSPS) is 13.9. The lowest BCUT2D eigenvalue weighted by atomic mass is 10.1. The molecule has 7 nitrogen and oxygen atoms in total. The lowest BCUT2D eigenvalue weighted by Crippen LogP contribution is -2.37. The monoisotopic (exact) mass is 561 g/mol. The molecule has 0 N–H and O–H groups in total. The van der Waals surface area contributed by atoms with E-state index in [1.54, 1.807) is 66.7 Å². The first-order chi connectivity index (χ1) is 19.7. The molecule has 2 heterocycles. The molecule has 0 bridgehead atoms. The number of hydrogen-bond acceptors (Lipinski definition) is 5. The molecule has 1 aliphatic heterocycles. The van der Waals surface area contributed by atoms with E-state index in [0.29, 0.717) is 24.2 Å². The molecule has 0 radical (unpaired) electrons. The van der Waals surface area contributed by atoms with Crippen LogP contribution in [0.3, 0.4) is 0 Å². The van der Waals surface area contributed by atoms with Gasteiger partial charge in [-0.25, -0.2) is 8.42 Å². The first kappa shape index (κ1) is 26.4. The first-order valence-electron chi connectivity index (χ1n) is 13.3. The number of aryl methyl sites for hydroxylation is 3. The molecular formula is C33H27N3O4S. The van der Waals surface area contributed by atoms with Crippen molar-refractivity contribution < 1.29 is 13.2 Å². The number of anilines is 1. The van der Waals surface area contributed by atoms with E-state index in [-0.39, 0.29) is 21.7 Å². The Labute approximate surface area is 238 Å². The molecule has 0 saturated heterocycles. The maximum Gasteiger partial charge on any atom is 0.281 e. The molecule has 0 aliphatic carbocycles. The van der Waals surface area contributed by atoms with E-state index in [1.807, 2.05) is 42.7 Å². The molecular weight excluding hydrogens is 534 g/mol. The molecule has 4 aromatic carbocycles. The van der Waals surface area contributed by atoms with Gasteiger partial charge in [0.25, 0.3) is 21.5 Å². The fraction of sp³-hybridized carbons (Fsp3) is 0.121. The van der Waals surface area contributed by atoms with Gasteiger partial charge >= 0.3 is 0 Å². The summed E-state index contributed by atoms with van der Waals surface area (Å²) < 4.78 is 30.5. The van der Waals surface area contributed by atoms with Crippen LogP contribution in [0.25, 0.3) is 22.6 Å². The highest BCUT2D eigenvalue weighted by atomic mass is 32.2. The second-order valence-electron chi connectivity index (χ2n) is 10.2. The zero-order valence-corrected chi connectivity index (χ0v) is 23.4. The van der Waals surface area contributed by atoms with Gasteiger partial charge < -0.3 is 4.57 Å². The molecule has 0 saturated carbocycles. The molecule has 5 aromatic rings. The standard InChI is InChI=1S/C33H27N3O4S/c1-22-7-13-25(14-8-22)33(38)36(41(39,40)28-17-9-23(2)10-18-28)27-15-11-24(12-16-27)21-26-19-20-35-30-6-4-3-5-29(30)32(37)34-31(26)35/h3-18,21H,19-20H2,1-2H3. The minimum Gasteiger partial charge on any atom is -0.325 e. The van der Waals surface area contributed by atoms with Gasteiger partial charge in [0.05, 0.1) is 21.5 Å². The van der Waals surface area contributed by atoms with E-state index in [1.165, 1.54) is 12.1 Å². The molecule has 1 aromatic heterocycles. The van der Waals surface area contributed by atoms with Crippen molar-refractivity contribution in [3.63, 3.8) is 0 Å². The van der Waals surface area contributed by atoms with Crippen molar-refractivity contribution in [1.29, 1.82) is 0 Å². The molecule has 0 atom stereocenters. The third kappa shape index (κ3) is 4.87. The fourth-order valence-electron chi connectivity index (χ4n) is 5.07. The van der Waals surface area contributed by atoms with Crippen LogP contribution in [0.4, 0.5) is 5.69 Å². The number of hydrogen-bond donors (Lipinski definition) is 0. The third-order valence-corrected chi connectivity index (χ3v) is 9.02. The zero-order valence-electron chi connectivity index (χ0n) is 22.6. The average molecular weight is 562 g/mol. The van der Waals surface area contributed by atoms with E-state index in [2.05, 4.69) is 4.98 Å². The Morgan fingerprint density at radius 1 is 0.854 bits per heavy atom. The summed E-state index contributed by atoms with van der Waals surface area (Å²) in [5, 5.41) is 0.593. The number of sulfonamides is 1. The Kier molecular flexibility index (Phi) is 6.63. The zero-order chi connectivity index (χ0) is 28.7. The Morgan fingerprint density at radius 2 is 1.49 bits per heavy atom. The number of carbonyl (C=O) groups is 1. The number of benzene rings is 4. The quantitative estimate of drug-likeness (QED) is 0.263. The summed E-state index contributed by atoms with van der Waals surface area (Å²) in [5.74, 6) is -0.00671. The number of aromatic nitrogens is 2. The second-order valence-corrected chi connectivity index (χ2v) is 12.0. The number of amides is 1. The van der Waals surface area contributed by atoms with Crippen LogP contribution >= 0.6 is 0 Å². The van der Waals surface area contributed by atoms with Crippen molar-refractivity contribution in [2.24, 2.45) is 0 Å². The van der Waals surface area contributed by atoms with Crippen molar-refractivity contribution >= 4 is 44.2 Å². The Hall–Kier alpha value is -4.82. The van der Waals surface area contributed by atoms with Crippen LogP contribution in [0.1, 0.15) is 39.3 Å². The minimum atomic E-state index is -4.21. The van der Waals surface area contributed by atoms with Crippen LogP contribution in [0, 0.1) is 13.8 Å². The van der Waals surface area contributed by atoms with Crippen molar-refractivity contribution in [2.75, 3.05) is 4.31 Å². The smallest absolute Gasteiger partial charge is 0.281 e. The van der Waals surface area contributed by atoms with E-state index in [4.69, 9.17) is 0 Å². The van der Waals surface area contributed by atoms with Crippen molar-refractivity contribution in [3.05, 3.63) is 135 Å². The Balaban J connectivity index is 1.39. The largest absolute Gasteiger partial charge is 0.325 e. The lowest BCUT2D eigenvalue weighted by Gasteiger charge is -2.23. The number of allylic oxidation sites excluding steroid dienone is 1. The molecule has 0 fully saturated rings. The van der Waals surface area contributed by atoms with Gasteiger partial charge in [-0.1, -0.05) is 59.7 Å². The summed E-state index contributed by atoms with van der Waals surface area (Å²) >= 11 is 0. The highest BCUT2D eigenvalue weighted by molar-refractivity contribution is 7.93. The molecule has 8 heteroatoms. The number of nitrogens with zero attached hydrogens (tertiary/aromatic N) is 3. The van der Waals surface area contributed by atoms with E-state index >= 15 is 0 Å². The van der Waals surface area contributed by atoms with Gasteiger partial charge in [0.2, 0.25) is 0 Å². The number of para-hydroxylation sites is 1. The lowest BCUT2D eigenvalue weighted by molar-refractivity contribution is 0.101. The fourth-order valence-corrected chi connectivity index (χ4v) is 6.49. The van der Waals surface area contributed by atoms with E-state index in [9.17, 15) is 18.0 Å². The van der Waals surface area contributed by atoms with E-state index in [0.717, 1.165) is 32.1 Å². The van der Waals surface area contributed by atoms with Gasteiger partial charge in [-0.15, -0.1) is 0 Å². The van der Waals surface area contributed by atoms with Gasteiger partial charge in [0.1, 0.15) is 5.82 Å². The summed E-state index contributed by atoms with van der Waals surface area (Å²) in [6.45, 7) is 4.48. The highest BCUT2D eigenvalue weighted by Crippen LogP contribution is 2.31. The van der Waals surface area contributed by atoms with Crippen LogP contribution in [0.15, 0.2) is 107 Å². The van der Waals surface area contributed by atoms with Gasteiger partial charge in [0, 0.05) is 12.1 Å². The number of fused-ring (bicyclic) bond motifs is 3. The second kappa shape index (κ2) is 10.3. The highest BCUT2D eigenvalue weighted by Gasteiger charge is 2.32. The van der Waals surface area contributed by atoms with Crippen molar-refractivity contribution in [2.45, 2.75) is 31.7 Å². The predicted octanol–water partition coefficient (Wildman–Crippen LogP) is 5.99. The molecule has 204 valence electrons. The summed E-state index contributed by atoms with van der Waals surface area (Å²) in [6, 6.07) is 27.5. The summed E-state index contributed by atoms with van der Waals surface area (Å²) in [5.41, 5.74) is 4.68. The molecule has 0 spiro atoms. The predicted molar refractivity (Wildman–Crippen MR) is 161 cm³/mol. The van der Waals surface area contributed by atoms with Crippen LogP contribution < -0.4 is 9.86 Å². The maximum atomic E-state index is 13.8. The van der Waals surface area contributed by atoms with Gasteiger partial charge in [-0.2, -0.15) is 9.29 Å². The van der Waals surface area contributed by atoms with Crippen LogP contribution in [0.2, 0.25) is 0 Å². The summed E-state index contributed by atoms with van der Waals surface area (Å²) in [6.07, 6.45) is 2.66. The van der Waals surface area contributed by atoms with Crippen LogP contribution in [0.5, 0.6) is 0 Å². The summed E-state index contributed by atoms with van der Waals surface area (Å²) in [4.78, 5) is 30.7. The van der Waals surface area contributed by atoms with Crippen LogP contribution in [-0.2, 0) is 16.6 Å². The van der Waals surface area contributed by atoms with Crippen molar-refractivity contribution in [3.8, 4) is 0 Å². The Bertz CT molecular complexity index is 1990. The van der Waals surface area contributed by atoms with E-state index < -0.39 is 15.9 Å². The maximum absolute atomic E-state index is 13.8. The minimum absolute atomic E-state index is 0.0288. The van der Waals surface area contributed by atoms with Gasteiger partial charge in [-0.05, 0) is 86.0 Å². The molecule has 1 aliphatic rings. The topological polar surface area (TPSA) is 89.3 Å². The third-order valence-electron chi connectivity index (χ3n) is 7.29. The molecule has 0 unspecified atom stereocenters. The summed E-state index contributed by atoms with van der Waals surface area (Å²) in [7, 11) is -4.21. The molecule has 6 rings (SSSR count). The number of rotatable bonds is 5. The molecule has 1 amide bonds. The van der Waals surface area contributed by atoms with Crippen molar-refractivity contribution in [1.82, 2.24) is 9.55 Å². The average Bonchev–Trinajstić information content (AvgIpc) is 3.37. The number of carbonyl (C=O) groups excluding carboxylic acids is 1. The van der Waals surface area contributed by atoms with Gasteiger partial charge in [-0.3, -0.25) is 9.59 Å². The van der Waals surface area contributed by atoms with Crippen LogP contribution in [-0.4, -0.2) is 23.9 Å².